The molecule has 0 bridgehead atoms. The smallest absolute Gasteiger partial charge is 0.0331 e. The molecule has 1 N–H and O–H groups in total. The Morgan fingerprint density at radius 1 is 1.28 bits per heavy atom. The molecule has 0 aliphatic heterocycles. The van der Waals surface area contributed by atoms with Gasteiger partial charge in [-0.15, -0.1) is 11.8 Å². The summed E-state index contributed by atoms with van der Waals surface area (Å²) in [5, 5.41) is 3.64. The van der Waals surface area contributed by atoms with Crippen LogP contribution in [0.5, 0.6) is 0 Å². The Labute approximate surface area is 112 Å². The van der Waals surface area contributed by atoms with Gasteiger partial charge in [0, 0.05) is 12.5 Å². The van der Waals surface area contributed by atoms with Crippen LogP contribution in [0.4, 0.5) is 0 Å². The minimum atomic E-state index is 0.436. The van der Waals surface area contributed by atoms with Crippen molar-refractivity contribution in [1.82, 2.24) is 5.32 Å². The van der Waals surface area contributed by atoms with Gasteiger partial charge >= 0.3 is 0 Å². The first kappa shape index (κ1) is 14.8. The summed E-state index contributed by atoms with van der Waals surface area (Å²) in [6, 6.07) is 7.17. The lowest BCUT2D eigenvalue weighted by atomic mass is 9.96. The van der Waals surface area contributed by atoms with Crippen molar-refractivity contribution in [2.45, 2.75) is 53.0 Å². The van der Waals surface area contributed by atoms with E-state index in [1.165, 1.54) is 23.1 Å². The summed E-state index contributed by atoms with van der Waals surface area (Å²) < 4.78 is 0. The lowest BCUT2D eigenvalue weighted by Gasteiger charge is -2.20. The predicted molar refractivity (Wildman–Crippen MR) is 79.6 cm³/mol. The zero-order chi connectivity index (χ0) is 13.4. The van der Waals surface area contributed by atoms with Crippen molar-refractivity contribution in [3.63, 3.8) is 0 Å². The molecule has 0 heterocycles. The third-order valence-corrected chi connectivity index (χ3v) is 3.18. The zero-order valence-corrected chi connectivity index (χ0v) is 12.1. The van der Waals surface area contributed by atoms with Crippen molar-refractivity contribution in [3.05, 3.63) is 34.9 Å². The van der Waals surface area contributed by atoms with Gasteiger partial charge in [0.1, 0.15) is 0 Å². The molecule has 1 heteroatoms. The number of hydrogen-bond acceptors (Lipinski definition) is 1. The van der Waals surface area contributed by atoms with Crippen LogP contribution in [0.25, 0.3) is 0 Å². The van der Waals surface area contributed by atoms with Crippen LogP contribution in [0.15, 0.2) is 18.2 Å². The maximum absolute atomic E-state index is 3.64. The van der Waals surface area contributed by atoms with Crippen LogP contribution in [-0.2, 0) is 0 Å². The van der Waals surface area contributed by atoms with E-state index in [-0.39, 0.29) is 0 Å². The molecule has 0 amide bonds. The molecule has 0 saturated heterocycles. The fourth-order valence-electron chi connectivity index (χ4n) is 2.24. The Balaban J connectivity index is 2.81. The highest BCUT2D eigenvalue weighted by atomic mass is 14.9. The molecule has 0 aromatic heterocycles. The van der Waals surface area contributed by atoms with E-state index in [1.807, 2.05) is 6.92 Å². The minimum absolute atomic E-state index is 0.436. The molecule has 1 aromatic rings. The summed E-state index contributed by atoms with van der Waals surface area (Å²) in [4.78, 5) is 0. The summed E-state index contributed by atoms with van der Waals surface area (Å²) in [7, 11) is 0. The van der Waals surface area contributed by atoms with E-state index in [4.69, 9.17) is 0 Å². The van der Waals surface area contributed by atoms with E-state index in [9.17, 15) is 0 Å². The van der Waals surface area contributed by atoms with Crippen LogP contribution in [0.2, 0.25) is 0 Å². The second kappa shape index (κ2) is 7.95. The van der Waals surface area contributed by atoms with Crippen molar-refractivity contribution in [3.8, 4) is 11.8 Å². The van der Waals surface area contributed by atoms with Crippen LogP contribution in [0.1, 0.15) is 55.8 Å². The van der Waals surface area contributed by atoms with Crippen molar-refractivity contribution in [2.75, 3.05) is 6.54 Å². The summed E-state index contributed by atoms with van der Waals surface area (Å²) >= 11 is 0. The van der Waals surface area contributed by atoms with E-state index in [2.05, 4.69) is 56.1 Å². The van der Waals surface area contributed by atoms with Gasteiger partial charge in [-0.3, -0.25) is 0 Å². The number of rotatable bonds is 6. The first-order chi connectivity index (χ1) is 8.69. The summed E-state index contributed by atoms with van der Waals surface area (Å²) in [5.74, 6) is 6.14. The van der Waals surface area contributed by atoms with Crippen molar-refractivity contribution >= 4 is 0 Å². The topological polar surface area (TPSA) is 12.0 Å². The molecule has 0 saturated carbocycles. The molecule has 1 atom stereocenters. The standard InChI is InChI=1S/C17H25N/c1-5-7-8-9-17(18-12-6-2)16-11-10-14(3)13-15(16)4/h10-11,13,17-18H,6,8-9,12H2,1-4H3. The lowest BCUT2D eigenvalue weighted by Crippen LogP contribution is -2.22. The fourth-order valence-corrected chi connectivity index (χ4v) is 2.24. The third-order valence-electron chi connectivity index (χ3n) is 3.18. The Hall–Kier alpha value is -1.26. The lowest BCUT2D eigenvalue weighted by molar-refractivity contribution is 0.503. The molecule has 1 aromatic carbocycles. The van der Waals surface area contributed by atoms with Gasteiger partial charge in [0.25, 0.3) is 0 Å². The maximum atomic E-state index is 3.64. The maximum Gasteiger partial charge on any atom is 0.0331 e. The van der Waals surface area contributed by atoms with E-state index >= 15 is 0 Å². The Bertz CT molecular complexity index is 423. The van der Waals surface area contributed by atoms with Crippen LogP contribution in [-0.4, -0.2) is 6.54 Å². The van der Waals surface area contributed by atoms with Gasteiger partial charge in [-0.25, -0.2) is 0 Å². The molecule has 0 aliphatic carbocycles. The van der Waals surface area contributed by atoms with Gasteiger partial charge in [0.05, 0.1) is 0 Å². The molecule has 1 rings (SSSR count). The van der Waals surface area contributed by atoms with Gasteiger partial charge in [-0.05, 0) is 51.3 Å². The summed E-state index contributed by atoms with van der Waals surface area (Å²) in [5.41, 5.74) is 4.14. The average Bonchev–Trinajstić information content (AvgIpc) is 2.34. The number of benzene rings is 1. The first-order valence-electron chi connectivity index (χ1n) is 6.89. The zero-order valence-electron chi connectivity index (χ0n) is 12.1. The molecule has 0 radical (unpaired) electrons. The largest absolute Gasteiger partial charge is 0.310 e. The van der Waals surface area contributed by atoms with Gasteiger partial charge in [-0.2, -0.15) is 0 Å². The van der Waals surface area contributed by atoms with Crippen LogP contribution < -0.4 is 5.32 Å². The minimum Gasteiger partial charge on any atom is -0.310 e. The SMILES string of the molecule is CC#CCCC(NCCC)c1ccc(C)cc1C. The van der Waals surface area contributed by atoms with E-state index in [1.54, 1.807) is 0 Å². The van der Waals surface area contributed by atoms with Crippen molar-refractivity contribution in [1.29, 1.82) is 0 Å². The summed E-state index contributed by atoms with van der Waals surface area (Å²) in [6.45, 7) is 9.53. The fraction of sp³-hybridized carbons (Fsp3) is 0.529. The van der Waals surface area contributed by atoms with Crippen LogP contribution >= 0.6 is 0 Å². The van der Waals surface area contributed by atoms with Crippen molar-refractivity contribution in [2.24, 2.45) is 0 Å². The highest BCUT2D eigenvalue weighted by molar-refractivity contribution is 5.32. The first-order valence-corrected chi connectivity index (χ1v) is 6.89. The number of nitrogens with one attached hydrogen (secondary N) is 1. The van der Waals surface area contributed by atoms with E-state index in [0.29, 0.717) is 6.04 Å². The molecule has 98 valence electrons. The quantitative estimate of drug-likeness (QED) is 0.740. The number of aryl methyl sites for hydroxylation is 2. The van der Waals surface area contributed by atoms with Crippen LogP contribution in [0, 0.1) is 25.7 Å². The van der Waals surface area contributed by atoms with Crippen molar-refractivity contribution < 1.29 is 0 Å². The molecule has 0 aliphatic rings. The van der Waals surface area contributed by atoms with Gasteiger partial charge in [0.15, 0.2) is 0 Å². The number of hydrogen-bond donors (Lipinski definition) is 1. The molecule has 0 spiro atoms. The molecular weight excluding hydrogens is 218 g/mol. The molecule has 1 unspecified atom stereocenters. The third kappa shape index (κ3) is 4.55. The average molecular weight is 243 g/mol. The molecular formula is C17H25N. The van der Waals surface area contributed by atoms with Crippen LogP contribution in [0.3, 0.4) is 0 Å². The highest BCUT2D eigenvalue weighted by Gasteiger charge is 2.12. The highest BCUT2D eigenvalue weighted by Crippen LogP contribution is 2.23. The van der Waals surface area contributed by atoms with Gasteiger partial charge < -0.3 is 5.32 Å². The second-order valence-electron chi connectivity index (χ2n) is 4.83. The van der Waals surface area contributed by atoms with E-state index < -0.39 is 0 Å². The Kier molecular flexibility index (Phi) is 6.54. The Morgan fingerprint density at radius 3 is 2.67 bits per heavy atom. The summed E-state index contributed by atoms with van der Waals surface area (Å²) in [6.07, 6.45) is 3.22. The Morgan fingerprint density at radius 2 is 2.06 bits per heavy atom. The predicted octanol–water partition coefficient (Wildman–Crippen LogP) is 4.15. The monoisotopic (exact) mass is 243 g/mol. The van der Waals surface area contributed by atoms with E-state index in [0.717, 1.165) is 19.4 Å². The molecule has 0 fully saturated rings. The van der Waals surface area contributed by atoms with Gasteiger partial charge in [-0.1, -0.05) is 30.7 Å². The second-order valence-corrected chi connectivity index (χ2v) is 4.83. The van der Waals surface area contributed by atoms with Gasteiger partial charge in [0.2, 0.25) is 0 Å². The molecule has 18 heavy (non-hydrogen) atoms. The molecule has 1 nitrogen and oxygen atoms in total. The normalized spacial score (nSPS) is 11.8.